The van der Waals surface area contributed by atoms with Crippen LogP contribution in [0.5, 0.6) is 0 Å². The molecule has 0 aliphatic carbocycles. The highest BCUT2D eigenvalue weighted by Gasteiger charge is 2.14. The topological polar surface area (TPSA) is 66.4 Å². The van der Waals surface area contributed by atoms with Crippen molar-refractivity contribution in [3.63, 3.8) is 0 Å². The Bertz CT molecular complexity index is 505. The van der Waals surface area contributed by atoms with Crippen LogP contribution in [-0.2, 0) is 21.3 Å². The van der Waals surface area contributed by atoms with Crippen LogP contribution in [0.2, 0.25) is 5.02 Å². The average Bonchev–Trinajstić information content (AvgIpc) is 2.32. The third-order valence-corrected chi connectivity index (χ3v) is 3.94. The van der Waals surface area contributed by atoms with E-state index in [1.54, 1.807) is 24.5 Å². The van der Waals surface area contributed by atoms with Gasteiger partial charge < -0.3 is 10.4 Å². The van der Waals surface area contributed by atoms with Crippen LogP contribution in [0.3, 0.4) is 0 Å². The quantitative estimate of drug-likeness (QED) is 0.847. The molecule has 0 aliphatic heterocycles. The normalized spacial score (nSPS) is 14.1. The summed E-state index contributed by atoms with van der Waals surface area (Å²) in [7, 11) is -1.00. The van der Waals surface area contributed by atoms with Crippen molar-refractivity contribution in [3.05, 3.63) is 28.8 Å². The second kappa shape index (κ2) is 7.76. The van der Waals surface area contributed by atoms with Gasteiger partial charge in [0.2, 0.25) is 5.91 Å². The van der Waals surface area contributed by atoms with Gasteiger partial charge >= 0.3 is 0 Å². The third kappa shape index (κ3) is 5.61. The van der Waals surface area contributed by atoms with Crippen molar-refractivity contribution in [2.45, 2.75) is 32.1 Å². The monoisotopic (exact) mass is 317 g/mol. The maximum absolute atomic E-state index is 11.8. The SMILES string of the molecule is CC(C)C(O)CC(=O)Nc1ccc(Cl)c(CS(C)=O)c1. The summed E-state index contributed by atoms with van der Waals surface area (Å²) in [6.07, 6.45) is 0.987. The number of amides is 1. The Morgan fingerprint density at radius 3 is 2.65 bits per heavy atom. The number of aliphatic hydroxyl groups is 1. The molecule has 0 bridgehead atoms. The molecule has 1 aromatic rings. The molecule has 0 aliphatic rings. The molecule has 0 aromatic heterocycles. The lowest BCUT2D eigenvalue weighted by atomic mass is 10.0. The first kappa shape index (κ1) is 17.1. The number of carbonyl (C=O) groups is 1. The standard InChI is InChI=1S/C14H20ClNO3S/c1-9(2)13(17)7-14(18)16-11-4-5-12(15)10(6-11)8-20(3)19/h4-6,9,13,17H,7-8H2,1-3H3,(H,16,18). The van der Waals surface area contributed by atoms with Crippen LogP contribution in [0.4, 0.5) is 5.69 Å². The molecule has 2 unspecified atom stereocenters. The molecule has 1 rings (SSSR count). The number of hydrogen-bond donors (Lipinski definition) is 2. The zero-order valence-corrected chi connectivity index (χ0v) is 13.4. The van der Waals surface area contributed by atoms with Crippen LogP contribution >= 0.6 is 11.6 Å². The van der Waals surface area contributed by atoms with Crippen LogP contribution in [-0.4, -0.2) is 27.6 Å². The van der Waals surface area contributed by atoms with E-state index in [-0.39, 0.29) is 18.2 Å². The average molecular weight is 318 g/mol. The Balaban J connectivity index is 2.73. The number of halogens is 1. The summed E-state index contributed by atoms with van der Waals surface area (Å²) in [6.45, 7) is 3.71. The van der Waals surface area contributed by atoms with Crippen molar-refractivity contribution in [3.8, 4) is 0 Å². The third-order valence-electron chi connectivity index (χ3n) is 2.85. The molecule has 1 amide bonds. The lowest BCUT2D eigenvalue weighted by Crippen LogP contribution is -2.23. The van der Waals surface area contributed by atoms with Crippen LogP contribution in [0.1, 0.15) is 25.8 Å². The van der Waals surface area contributed by atoms with E-state index in [2.05, 4.69) is 5.32 Å². The van der Waals surface area contributed by atoms with Gasteiger partial charge in [0.05, 0.1) is 12.5 Å². The molecule has 0 saturated carbocycles. The first-order chi connectivity index (χ1) is 9.29. The van der Waals surface area contributed by atoms with E-state index >= 15 is 0 Å². The zero-order chi connectivity index (χ0) is 15.3. The molecule has 1 aromatic carbocycles. The maximum Gasteiger partial charge on any atom is 0.226 e. The minimum Gasteiger partial charge on any atom is -0.392 e. The summed E-state index contributed by atoms with van der Waals surface area (Å²) in [5, 5.41) is 12.9. The van der Waals surface area contributed by atoms with Crippen molar-refractivity contribution in [1.29, 1.82) is 0 Å². The summed E-state index contributed by atoms with van der Waals surface area (Å²) < 4.78 is 11.3. The molecule has 0 heterocycles. The molecule has 0 spiro atoms. The molecule has 6 heteroatoms. The van der Waals surface area contributed by atoms with Gasteiger partial charge in [0.15, 0.2) is 0 Å². The Labute approximate surface area is 127 Å². The van der Waals surface area contributed by atoms with Gasteiger partial charge in [-0.2, -0.15) is 0 Å². The lowest BCUT2D eigenvalue weighted by Gasteiger charge is -2.14. The largest absolute Gasteiger partial charge is 0.392 e. The summed E-state index contributed by atoms with van der Waals surface area (Å²) in [5.74, 6) is 0.123. The van der Waals surface area contributed by atoms with E-state index in [1.807, 2.05) is 13.8 Å². The van der Waals surface area contributed by atoms with Crippen molar-refractivity contribution >= 4 is 34.0 Å². The highest BCUT2D eigenvalue weighted by atomic mass is 35.5. The van der Waals surface area contributed by atoms with Gasteiger partial charge in [0.25, 0.3) is 0 Å². The minimum absolute atomic E-state index is 0.0315. The number of nitrogens with one attached hydrogen (secondary N) is 1. The van der Waals surface area contributed by atoms with Gasteiger partial charge in [0.1, 0.15) is 0 Å². The minimum atomic E-state index is -1.00. The van der Waals surface area contributed by atoms with E-state index in [9.17, 15) is 14.1 Å². The fraction of sp³-hybridized carbons (Fsp3) is 0.500. The number of rotatable bonds is 6. The van der Waals surface area contributed by atoms with Crippen LogP contribution < -0.4 is 5.32 Å². The highest BCUT2D eigenvalue weighted by molar-refractivity contribution is 7.83. The fourth-order valence-electron chi connectivity index (χ4n) is 1.62. The first-order valence-electron chi connectivity index (χ1n) is 6.36. The Morgan fingerprint density at radius 2 is 2.10 bits per heavy atom. The maximum atomic E-state index is 11.8. The number of benzene rings is 1. The number of hydrogen-bond acceptors (Lipinski definition) is 3. The van der Waals surface area contributed by atoms with Gasteiger partial charge in [-0.25, -0.2) is 0 Å². The van der Waals surface area contributed by atoms with E-state index in [1.165, 1.54) is 0 Å². The Morgan fingerprint density at radius 1 is 1.45 bits per heavy atom. The molecular weight excluding hydrogens is 298 g/mol. The van der Waals surface area contributed by atoms with Gasteiger partial charge in [-0.15, -0.1) is 0 Å². The molecule has 0 radical (unpaired) electrons. The summed E-state index contributed by atoms with van der Waals surface area (Å²) in [6, 6.07) is 5.06. The van der Waals surface area contributed by atoms with Crippen molar-refractivity contribution < 1.29 is 14.1 Å². The molecular formula is C14H20ClNO3S. The summed E-state index contributed by atoms with van der Waals surface area (Å²) in [5.41, 5.74) is 1.32. The Hall–Kier alpha value is -0.910. The van der Waals surface area contributed by atoms with Crippen molar-refractivity contribution in [2.24, 2.45) is 5.92 Å². The molecule has 0 fully saturated rings. The predicted octanol–water partition coefficient (Wildman–Crippen LogP) is 2.56. The van der Waals surface area contributed by atoms with Gasteiger partial charge in [-0.05, 0) is 29.7 Å². The second-order valence-electron chi connectivity index (χ2n) is 5.09. The second-order valence-corrected chi connectivity index (χ2v) is 6.93. The van der Waals surface area contributed by atoms with Crippen LogP contribution in [0.15, 0.2) is 18.2 Å². The van der Waals surface area contributed by atoms with Gasteiger partial charge in [-0.1, -0.05) is 25.4 Å². The van der Waals surface area contributed by atoms with E-state index in [4.69, 9.17) is 11.6 Å². The lowest BCUT2D eigenvalue weighted by molar-refractivity contribution is -0.118. The molecule has 2 atom stereocenters. The molecule has 20 heavy (non-hydrogen) atoms. The number of carbonyl (C=O) groups excluding carboxylic acids is 1. The molecule has 2 N–H and O–H groups in total. The fourth-order valence-corrected chi connectivity index (χ4v) is 2.56. The Kier molecular flexibility index (Phi) is 6.65. The number of aliphatic hydroxyl groups excluding tert-OH is 1. The summed E-state index contributed by atoms with van der Waals surface area (Å²) >= 11 is 6.02. The van der Waals surface area contributed by atoms with Crippen LogP contribution in [0, 0.1) is 5.92 Å². The number of anilines is 1. The highest BCUT2D eigenvalue weighted by Crippen LogP contribution is 2.22. The smallest absolute Gasteiger partial charge is 0.226 e. The van der Waals surface area contributed by atoms with E-state index in [0.29, 0.717) is 16.5 Å². The van der Waals surface area contributed by atoms with Crippen molar-refractivity contribution in [1.82, 2.24) is 0 Å². The molecule has 0 saturated heterocycles. The summed E-state index contributed by atoms with van der Waals surface area (Å²) in [4.78, 5) is 11.8. The van der Waals surface area contributed by atoms with Gasteiger partial charge in [0, 0.05) is 33.5 Å². The predicted molar refractivity (Wildman–Crippen MR) is 83.3 cm³/mol. The first-order valence-corrected chi connectivity index (χ1v) is 8.46. The zero-order valence-electron chi connectivity index (χ0n) is 11.9. The molecule has 4 nitrogen and oxygen atoms in total. The molecule has 112 valence electrons. The van der Waals surface area contributed by atoms with E-state index < -0.39 is 16.9 Å². The van der Waals surface area contributed by atoms with Gasteiger partial charge in [-0.3, -0.25) is 9.00 Å². The van der Waals surface area contributed by atoms with Crippen molar-refractivity contribution in [2.75, 3.05) is 11.6 Å². The van der Waals surface area contributed by atoms with Crippen LogP contribution in [0.25, 0.3) is 0 Å². The van der Waals surface area contributed by atoms with E-state index in [0.717, 1.165) is 5.56 Å².